The van der Waals surface area contributed by atoms with Crippen LogP contribution in [0.1, 0.15) is 13.8 Å². The van der Waals surface area contributed by atoms with Crippen molar-refractivity contribution >= 4 is 17.7 Å². The highest BCUT2D eigenvalue weighted by molar-refractivity contribution is 7.96. The fourth-order valence-corrected chi connectivity index (χ4v) is 0.890. The summed E-state index contributed by atoms with van der Waals surface area (Å²) >= 11 is 3.56. The monoisotopic (exact) mass is 221 g/mol. The van der Waals surface area contributed by atoms with Gasteiger partial charge in [0, 0.05) is 12.6 Å². The molecule has 5 heteroatoms. The van der Waals surface area contributed by atoms with Gasteiger partial charge in [0.25, 0.3) is 0 Å². The molecule has 0 aromatic carbocycles. The van der Waals surface area contributed by atoms with Crippen molar-refractivity contribution in [3.63, 3.8) is 0 Å². The number of nitrogens with one attached hydrogen (secondary N) is 1. The van der Waals surface area contributed by atoms with Crippen molar-refractivity contribution in [1.29, 1.82) is 0 Å². The lowest BCUT2D eigenvalue weighted by Gasteiger charge is -2.08. The molecule has 0 spiro atoms. The Morgan fingerprint density at radius 1 is 1.29 bits per heavy atom. The summed E-state index contributed by atoms with van der Waals surface area (Å²) in [6, 6.07) is 0.483. The first kappa shape index (κ1) is 13.9. The van der Waals surface area contributed by atoms with Gasteiger partial charge in [-0.3, -0.25) is 4.79 Å². The summed E-state index contributed by atoms with van der Waals surface area (Å²) < 4.78 is 10.2. The number of carbonyl (C=O) groups excluding carboxylic acids is 1. The first-order valence-corrected chi connectivity index (χ1v) is 5.18. The van der Waals surface area contributed by atoms with Crippen LogP contribution in [0.2, 0.25) is 0 Å². The Balaban J connectivity index is 2.96. The maximum Gasteiger partial charge on any atom is 0.211 e. The first-order valence-electron chi connectivity index (χ1n) is 4.73. The van der Waals surface area contributed by atoms with Crippen LogP contribution < -0.4 is 5.32 Å². The van der Waals surface area contributed by atoms with Crippen molar-refractivity contribution in [2.24, 2.45) is 0 Å². The lowest BCUT2D eigenvalue weighted by atomic mass is 10.4. The Morgan fingerprint density at radius 2 is 1.93 bits per heavy atom. The normalized spacial score (nSPS) is 10.9. The molecule has 0 fully saturated rings. The van der Waals surface area contributed by atoms with Crippen LogP contribution in [-0.2, 0) is 14.3 Å². The van der Waals surface area contributed by atoms with Gasteiger partial charge < -0.3 is 14.8 Å². The third-order valence-corrected chi connectivity index (χ3v) is 1.53. The van der Waals surface area contributed by atoms with E-state index in [1.165, 1.54) is 0 Å². The van der Waals surface area contributed by atoms with Gasteiger partial charge in [0.05, 0.1) is 19.8 Å². The van der Waals surface area contributed by atoms with Gasteiger partial charge in [-0.15, -0.1) is 12.6 Å². The van der Waals surface area contributed by atoms with Crippen molar-refractivity contribution in [3.05, 3.63) is 0 Å². The van der Waals surface area contributed by atoms with Gasteiger partial charge in [0.1, 0.15) is 6.61 Å². The molecule has 0 aliphatic rings. The third kappa shape index (κ3) is 11.9. The van der Waals surface area contributed by atoms with E-state index in [1.54, 1.807) is 0 Å². The SMILES string of the molecule is CC(C)NCCOCCOCC(=O)S. The Labute approximate surface area is 90.8 Å². The van der Waals surface area contributed by atoms with Crippen LogP contribution in [0, 0.1) is 0 Å². The predicted molar refractivity (Wildman–Crippen MR) is 58.8 cm³/mol. The Hall–Kier alpha value is -0.100. The number of hydrogen-bond acceptors (Lipinski definition) is 4. The summed E-state index contributed by atoms with van der Waals surface area (Å²) in [6.45, 7) is 6.67. The lowest BCUT2D eigenvalue weighted by molar-refractivity contribution is -0.115. The molecule has 0 unspecified atom stereocenters. The van der Waals surface area contributed by atoms with E-state index < -0.39 is 0 Å². The van der Waals surface area contributed by atoms with E-state index in [-0.39, 0.29) is 11.7 Å². The average Bonchev–Trinajstić information content (AvgIpc) is 2.08. The molecule has 0 bridgehead atoms. The smallest absolute Gasteiger partial charge is 0.211 e. The fraction of sp³-hybridized carbons (Fsp3) is 0.889. The molecule has 0 aromatic rings. The minimum Gasteiger partial charge on any atom is -0.378 e. The van der Waals surface area contributed by atoms with Gasteiger partial charge in [-0.1, -0.05) is 13.8 Å². The van der Waals surface area contributed by atoms with Gasteiger partial charge in [-0.2, -0.15) is 0 Å². The van der Waals surface area contributed by atoms with Crippen molar-refractivity contribution in [2.45, 2.75) is 19.9 Å². The molecule has 0 radical (unpaired) electrons. The Bertz CT molecular complexity index is 153. The lowest BCUT2D eigenvalue weighted by Crippen LogP contribution is -2.27. The van der Waals surface area contributed by atoms with Gasteiger partial charge in [-0.05, 0) is 0 Å². The second kappa shape index (κ2) is 9.45. The van der Waals surface area contributed by atoms with E-state index in [1.807, 2.05) is 0 Å². The maximum absolute atomic E-state index is 10.3. The molecular formula is C9H19NO3S. The van der Waals surface area contributed by atoms with E-state index in [2.05, 4.69) is 31.8 Å². The van der Waals surface area contributed by atoms with Crippen LogP contribution >= 0.6 is 12.6 Å². The van der Waals surface area contributed by atoms with Crippen molar-refractivity contribution in [2.75, 3.05) is 33.0 Å². The van der Waals surface area contributed by atoms with Gasteiger partial charge >= 0.3 is 0 Å². The van der Waals surface area contributed by atoms with Crippen LogP contribution in [0.5, 0.6) is 0 Å². The molecule has 1 N–H and O–H groups in total. The predicted octanol–water partition coefficient (Wildman–Crippen LogP) is 0.474. The molecule has 4 nitrogen and oxygen atoms in total. The fourth-order valence-electron chi connectivity index (χ4n) is 0.799. The summed E-state index contributed by atoms with van der Waals surface area (Å²) in [5.74, 6) is 0. The van der Waals surface area contributed by atoms with Crippen LogP contribution in [0.4, 0.5) is 0 Å². The average molecular weight is 221 g/mol. The molecule has 0 aliphatic heterocycles. The molecule has 14 heavy (non-hydrogen) atoms. The van der Waals surface area contributed by atoms with E-state index in [0.717, 1.165) is 6.54 Å². The zero-order chi connectivity index (χ0) is 10.8. The first-order chi connectivity index (χ1) is 6.63. The molecule has 0 amide bonds. The maximum atomic E-state index is 10.3. The number of carbonyl (C=O) groups is 1. The van der Waals surface area contributed by atoms with Crippen LogP contribution in [0.3, 0.4) is 0 Å². The van der Waals surface area contributed by atoms with E-state index in [0.29, 0.717) is 25.9 Å². The Kier molecular flexibility index (Phi) is 9.39. The molecule has 0 atom stereocenters. The van der Waals surface area contributed by atoms with Crippen LogP contribution in [-0.4, -0.2) is 44.1 Å². The zero-order valence-electron chi connectivity index (χ0n) is 8.78. The Morgan fingerprint density at radius 3 is 2.50 bits per heavy atom. The van der Waals surface area contributed by atoms with Crippen molar-refractivity contribution in [1.82, 2.24) is 5.32 Å². The molecular weight excluding hydrogens is 202 g/mol. The minimum atomic E-state index is -0.258. The van der Waals surface area contributed by atoms with Gasteiger partial charge in [-0.25, -0.2) is 0 Å². The zero-order valence-corrected chi connectivity index (χ0v) is 9.68. The minimum absolute atomic E-state index is 0.0523. The molecule has 84 valence electrons. The second-order valence-electron chi connectivity index (χ2n) is 3.17. The largest absolute Gasteiger partial charge is 0.378 e. The molecule has 0 saturated carbocycles. The molecule has 0 rings (SSSR count). The number of thiol groups is 1. The highest BCUT2D eigenvalue weighted by Gasteiger charge is 1.94. The summed E-state index contributed by atoms with van der Waals surface area (Å²) in [6.07, 6.45) is 0. The standard InChI is InChI=1S/C9H19NO3S/c1-8(2)10-3-4-12-5-6-13-7-9(11)14/h8,10H,3-7H2,1-2H3,(H,11,14). The summed E-state index contributed by atoms with van der Waals surface area (Å²) in [4.78, 5) is 10.3. The van der Waals surface area contributed by atoms with Crippen molar-refractivity contribution < 1.29 is 14.3 Å². The van der Waals surface area contributed by atoms with E-state index in [9.17, 15) is 4.79 Å². The van der Waals surface area contributed by atoms with Crippen molar-refractivity contribution in [3.8, 4) is 0 Å². The number of hydrogen-bond donors (Lipinski definition) is 2. The molecule has 0 aliphatic carbocycles. The number of rotatable bonds is 9. The van der Waals surface area contributed by atoms with E-state index >= 15 is 0 Å². The third-order valence-electron chi connectivity index (χ3n) is 1.40. The molecule has 0 saturated heterocycles. The summed E-state index contributed by atoms with van der Waals surface area (Å²) in [5, 5.41) is 2.96. The van der Waals surface area contributed by atoms with Gasteiger partial charge in [0.15, 0.2) is 0 Å². The quantitative estimate of drug-likeness (QED) is 0.439. The molecule has 0 aromatic heterocycles. The highest BCUT2D eigenvalue weighted by atomic mass is 32.1. The summed E-state index contributed by atoms with van der Waals surface area (Å²) in [7, 11) is 0. The van der Waals surface area contributed by atoms with E-state index in [4.69, 9.17) is 9.47 Å². The second-order valence-corrected chi connectivity index (χ2v) is 3.67. The van der Waals surface area contributed by atoms with Crippen LogP contribution in [0.15, 0.2) is 0 Å². The van der Waals surface area contributed by atoms with Gasteiger partial charge in [0.2, 0.25) is 5.12 Å². The molecule has 0 heterocycles. The van der Waals surface area contributed by atoms with Crippen LogP contribution in [0.25, 0.3) is 0 Å². The highest BCUT2D eigenvalue weighted by Crippen LogP contribution is 1.83. The summed E-state index contributed by atoms with van der Waals surface area (Å²) in [5.41, 5.74) is 0. The number of ether oxygens (including phenoxy) is 2. The topological polar surface area (TPSA) is 47.6 Å².